The summed E-state index contributed by atoms with van der Waals surface area (Å²) in [4.78, 5) is 10.7. The van der Waals surface area contributed by atoms with Gasteiger partial charge in [-0.1, -0.05) is 27.7 Å². The number of ether oxygens (including phenoxy) is 1. The number of nitrogens with one attached hydrogen (secondary N) is 1. The van der Waals surface area contributed by atoms with Gasteiger partial charge in [-0.05, 0) is 32.0 Å². The van der Waals surface area contributed by atoms with E-state index in [1.165, 1.54) is 0 Å². The van der Waals surface area contributed by atoms with Gasteiger partial charge in [0.25, 0.3) is 0 Å². The SMILES string of the molecule is CCN(CC)CCCNc1cc(OCC(C)C)ncn1. The number of anilines is 1. The van der Waals surface area contributed by atoms with Crippen molar-refractivity contribution in [3.8, 4) is 5.88 Å². The third-order valence-electron chi connectivity index (χ3n) is 3.06. The smallest absolute Gasteiger partial charge is 0.218 e. The molecule has 1 heterocycles. The molecule has 0 radical (unpaired) electrons. The normalized spacial score (nSPS) is 11.1. The standard InChI is InChI=1S/C15H28N4O/c1-5-19(6-2)9-7-8-16-14-10-15(18-12-17-14)20-11-13(3)4/h10,12-13H,5-9,11H2,1-4H3,(H,16,17,18). The van der Waals surface area contributed by atoms with Gasteiger partial charge in [0, 0.05) is 12.6 Å². The fourth-order valence-electron chi connectivity index (χ4n) is 1.83. The fraction of sp³-hybridized carbons (Fsp3) is 0.733. The molecule has 0 spiro atoms. The van der Waals surface area contributed by atoms with Gasteiger partial charge in [0.15, 0.2) is 0 Å². The first kappa shape index (κ1) is 16.7. The molecular weight excluding hydrogens is 252 g/mol. The maximum atomic E-state index is 5.59. The van der Waals surface area contributed by atoms with Gasteiger partial charge in [0.2, 0.25) is 5.88 Å². The number of rotatable bonds is 10. The van der Waals surface area contributed by atoms with Crippen molar-refractivity contribution in [3.05, 3.63) is 12.4 Å². The Hall–Kier alpha value is -1.36. The second-order valence-corrected chi connectivity index (χ2v) is 5.25. The third-order valence-corrected chi connectivity index (χ3v) is 3.06. The van der Waals surface area contributed by atoms with Crippen LogP contribution < -0.4 is 10.1 Å². The first-order valence-electron chi connectivity index (χ1n) is 7.56. The zero-order valence-corrected chi connectivity index (χ0v) is 13.2. The Labute approximate surface area is 122 Å². The van der Waals surface area contributed by atoms with Crippen LogP contribution in [-0.4, -0.2) is 47.7 Å². The molecule has 0 bridgehead atoms. The predicted molar refractivity (Wildman–Crippen MR) is 83.3 cm³/mol. The lowest BCUT2D eigenvalue weighted by molar-refractivity contribution is 0.261. The van der Waals surface area contributed by atoms with Crippen LogP contribution in [0.5, 0.6) is 5.88 Å². The van der Waals surface area contributed by atoms with E-state index in [9.17, 15) is 0 Å². The number of nitrogens with zero attached hydrogens (tertiary/aromatic N) is 3. The van der Waals surface area contributed by atoms with Gasteiger partial charge in [-0.3, -0.25) is 0 Å². The van der Waals surface area contributed by atoms with E-state index in [-0.39, 0.29) is 0 Å². The topological polar surface area (TPSA) is 50.3 Å². The van der Waals surface area contributed by atoms with Crippen molar-refractivity contribution in [2.24, 2.45) is 5.92 Å². The first-order chi connectivity index (χ1) is 9.65. The molecule has 0 aromatic carbocycles. The Morgan fingerprint density at radius 1 is 1.25 bits per heavy atom. The molecule has 0 saturated heterocycles. The summed E-state index contributed by atoms with van der Waals surface area (Å²) in [5.74, 6) is 1.97. The van der Waals surface area contributed by atoms with Crippen molar-refractivity contribution in [1.82, 2.24) is 14.9 Å². The summed E-state index contributed by atoms with van der Waals surface area (Å²) in [6.45, 7) is 13.5. The van der Waals surface area contributed by atoms with E-state index in [1.54, 1.807) is 6.33 Å². The van der Waals surface area contributed by atoms with Gasteiger partial charge >= 0.3 is 0 Å². The lowest BCUT2D eigenvalue weighted by Gasteiger charge is -2.17. The minimum absolute atomic E-state index is 0.496. The molecule has 0 fully saturated rings. The molecule has 5 nitrogen and oxygen atoms in total. The Morgan fingerprint density at radius 2 is 2.00 bits per heavy atom. The average Bonchev–Trinajstić information content (AvgIpc) is 2.46. The maximum absolute atomic E-state index is 5.59. The summed E-state index contributed by atoms with van der Waals surface area (Å²) in [5, 5.41) is 3.32. The van der Waals surface area contributed by atoms with Crippen LogP contribution in [0.3, 0.4) is 0 Å². The Morgan fingerprint density at radius 3 is 2.65 bits per heavy atom. The summed E-state index contributed by atoms with van der Waals surface area (Å²) in [7, 11) is 0. The quantitative estimate of drug-likeness (QED) is 0.668. The Kier molecular flexibility index (Phi) is 7.95. The summed E-state index contributed by atoms with van der Waals surface area (Å²) < 4.78 is 5.59. The largest absolute Gasteiger partial charge is 0.477 e. The fourth-order valence-corrected chi connectivity index (χ4v) is 1.83. The molecule has 0 unspecified atom stereocenters. The molecule has 114 valence electrons. The van der Waals surface area contributed by atoms with Crippen molar-refractivity contribution in [1.29, 1.82) is 0 Å². The molecule has 0 aliphatic rings. The third kappa shape index (κ3) is 6.70. The second kappa shape index (κ2) is 9.53. The van der Waals surface area contributed by atoms with Crippen molar-refractivity contribution in [2.45, 2.75) is 34.1 Å². The van der Waals surface area contributed by atoms with E-state index < -0.39 is 0 Å². The summed E-state index contributed by atoms with van der Waals surface area (Å²) in [6.07, 6.45) is 2.65. The van der Waals surface area contributed by atoms with Crippen molar-refractivity contribution in [3.63, 3.8) is 0 Å². The van der Waals surface area contributed by atoms with Crippen molar-refractivity contribution >= 4 is 5.82 Å². The maximum Gasteiger partial charge on any atom is 0.218 e. The van der Waals surface area contributed by atoms with Crippen LogP contribution in [-0.2, 0) is 0 Å². The second-order valence-electron chi connectivity index (χ2n) is 5.25. The van der Waals surface area contributed by atoms with Crippen molar-refractivity contribution < 1.29 is 4.74 Å². The molecule has 0 aliphatic heterocycles. The first-order valence-corrected chi connectivity index (χ1v) is 7.56. The van der Waals surface area contributed by atoms with Gasteiger partial charge in [-0.2, -0.15) is 0 Å². The Bertz CT molecular complexity index is 367. The molecule has 0 saturated carbocycles. The molecule has 0 amide bonds. The monoisotopic (exact) mass is 280 g/mol. The van der Waals surface area contributed by atoms with Gasteiger partial charge < -0.3 is 15.0 Å². The molecule has 0 aliphatic carbocycles. The highest BCUT2D eigenvalue weighted by atomic mass is 16.5. The summed E-state index contributed by atoms with van der Waals surface area (Å²) in [6, 6.07) is 1.86. The van der Waals surface area contributed by atoms with Crippen molar-refractivity contribution in [2.75, 3.05) is 38.1 Å². The van der Waals surface area contributed by atoms with Crippen LogP contribution in [0.4, 0.5) is 5.82 Å². The minimum atomic E-state index is 0.496. The van der Waals surface area contributed by atoms with E-state index in [0.29, 0.717) is 18.4 Å². The van der Waals surface area contributed by atoms with Gasteiger partial charge in [0.05, 0.1) is 6.61 Å². The highest BCUT2D eigenvalue weighted by Gasteiger charge is 2.02. The zero-order chi connectivity index (χ0) is 14.8. The van der Waals surface area contributed by atoms with Crippen LogP contribution in [0.1, 0.15) is 34.1 Å². The van der Waals surface area contributed by atoms with Crippen LogP contribution in [0.25, 0.3) is 0 Å². The highest BCUT2D eigenvalue weighted by molar-refractivity contribution is 5.36. The molecule has 1 rings (SSSR count). The summed E-state index contributed by atoms with van der Waals surface area (Å²) in [5.41, 5.74) is 0. The van der Waals surface area contributed by atoms with Crippen LogP contribution in [0.15, 0.2) is 12.4 Å². The van der Waals surface area contributed by atoms with E-state index in [0.717, 1.165) is 38.4 Å². The van der Waals surface area contributed by atoms with Crippen LogP contribution in [0, 0.1) is 5.92 Å². The van der Waals surface area contributed by atoms with E-state index in [1.807, 2.05) is 6.07 Å². The molecular formula is C15H28N4O. The van der Waals surface area contributed by atoms with Gasteiger partial charge in [0.1, 0.15) is 12.1 Å². The van der Waals surface area contributed by atoms with Crippen LogP contribution >= 0.6 is 0 Å². The molecule has 20 heavy (non-hydrogen) atoms. The van der Waals surface area contributed by atoms with Crippen LogP contribution in [0.2, 0.25) is 0 Å². The highest BCUT2D eigenvalue weighted by Crippen LogP contribution is 2.11. The Balaban J connectivity index is 2.31. The van der Waals surface area contributed by atoms with Gasteiger partial charge in [-0.25, -0.2) is 9.97 Å². The number of hydrogen-bond acceptors (Lipinski definition) is 5. The minimum Gasteiger partial charge on any atom is -0.477 e. The lowest BCUT2D eigenvalue weighted by Crippen LogP contribution is -2.25. The molecule has 1 aromatic rings. The predicted octanol–water partition coefficient (Wildman–Crippen LogP) is 2.66. The molecule has 1 aromatic heterocycles. The van der Waals surface area contributed by atoms with E-state index in [4.69, 9.17) is 4.74 Å². The molecule has 1 N–H and O–H groups in total. The van der Waals surface area contributed by atoms with E-state index in [2.05, 4.69) is 47.9 Å². The zero-order valence-electron chi connectivity index (χ0n) is 13.2. The number of aromatic nitrogens is 2. The summed E-state index contributed by atoms with van der Waals surface area (Å²) >= 11 is 0. The lowest BCUT2D eigenvalue weighted by atomic mass is 10.2. The average molecular weight is 280 g/mol. The number of hydrogen-bond donors (Lipinski definition) is 1. The molecule has 5 heteroatoms. The van der Waals surface area contributed by atoms with E-state index >= 15 is 0 Å². The molecule has 0 atom stereocenters. The van der Waals surface area contributed by atoms with Gasteiger partial charge in [-0.15, -0.1) is 0 Å².